The van der Waals surface area contributed by atoms with E-state index in [1.54, 1.807) is 0 Å². The van der Waals surface area contributed by atoms with E-state index in [9.17, 15) is 14.4 Å². The second-order valence-corrected chi connectivity index (χ2v) is 7.34. The predicted molar refractivity (Wildman–Crippen MR) is 128 cm³/mol. The van der Waals surface area contributed by atoms with Crippen LogP contribution in [0, 0.1) is 0 Å². The molecule has 0 bridgehead atoms. The maximum atomic E-state index is 13.1. The van der Waals surface area contributed by atoms with Gasteiger partial charge in [-0.05, 0) is 23.3 Å². The van der Waals surface area contributed by atoms with Crippen LogP contribution in [-0.4, -0.2) is 25.0 Å². The van der Waals surface area contributed by atoms with Crippen molar-refractivity contribution >= 4 is 23.5 Å². The average molecular weight is 471 g/mol. The standard InChI is InChI=1S/C26H21N3O6/c1-33-19-13-12-17(21(22(19)27)24(30)29-28)25(31)35-26(32)23-20(16-10-6-3-7-11-16)18(14-34-23)15-8-4-2-5-9-15/h2-14H,27-28H2,1H3,(H,29,30). The van der Waals surface area contributed by atoms with Crippen molar-refractivity contribution in [2.75, 3.05) is 12.8 Å². The van der Waals surface area contributed by atoms with E-state index in [2.05, 4.69) is 0 Å². The average Bonchev–Trinajstić information content (AvgIpc) is 3.34. The third-order valence-electron chi connectivity index (χ3n) is 5.31. The van der Waals surface area contributed by atoms with Crippen LogP contribution in [-0.2, 0) is 4.74 Å². The number of esters is 2. The van der Waals surface area contributed by atoms with Crippen LogP contribution in [0.5, 0.6) is 5.75 Å². The topological polar surface area (TPSA) is 147 Å². The van der Waals surface area contributed by atoms with E-state index in [1.165, 1.54) is 25.5 Å². The van der Waals surface area contributed by atoms with Crippen molar-refractivity contribution in [3.8, 4) is 28.0 Å². The number of nitrogen functional groups attached to an aromatic ring is 2. The molecule has 0 saturated carbocycles. The molecular weight excluding hydrogens is 450 g/mol. The largest absolute Gasteiger partial charge is 0.495 e. The number of hydrogen-bond acceptors (Lipinski definition) is 8. The summed E-state index contributed by atoms with van der Waals surface area (Å²) in [6.07, 6.45) is 1.43. The summed E-state index contributed by atoms with van der Waals surface area (Å²) in [6.45, 7) is 0. The molecule has 35 heavy (non-hydrogen) atoms. The van der Waals surface area contributed by atoms with Crippen molar-refractivity contribution in [2.45, 2.75) is 0 Å². The first-order valence-electron chi connectivity index (χ1n) is 10.4. The minimum atomic E-state index is -1.11. The van der Waals surface area contributed by atoms with Gasteiger partial charge in [0.15, 0.2) is 0 Å². The summed E-state index contributed by atoms with van der Waals surface area (Å²) in [5.41, 5.74) is 9.82. The van der Waals surface area contributed by atoms with Gasteiger partial charge in [-0.3, -0.25) is 10.2 Å². The molecule has 3 aromatic carbocycles. The van der Waals surface area contributed by atoms with Crippen LogP contribution >= 0.6 is 0 Å². The first-order chi connectivity index (χ1) is 17.0. The number of rotatable bonds is 6. The Bertz CT molecular complexity index is 1400. The summed E-state index contributed by atoms with van der Waals surface area (Å²) < 4.78 is 15.8. The number of carbonyl (C=O) groups is 3. The number of anilines is 1. The summed E-state index contributed by atoms with van der Waals surface area (Å²) in [5.74, 6) is 2.22. The molecule has 1 aromatic heterocycles. The van der Waals surface area contributed by atoms with Gasteiger partial charge in [0.1, 0.15) is 12.0 Å². The Morgan fingerprint density at radius 1 is 0.857 bits per heavy atom. The van der Waals surface area contributed by atoms with E-state index in [0.29, 0.717) is 16.7 Å². The quantitative estimate of drug-likeness (QED) is 0.0961. The van der Waals surface area contributed by atoms with Gasteiger partial charge in [0, 0.05) is 11.1 Å². The Kier molecular flexibility index (Phi) is 6.61. The van der Waals surface area contributed by atoms with Gasteiger partial charge in [0.05, 0.1) is 23.9 Å². The second-order valence-electron chi connectivity index (χ2n) is 7.34. The molecule has 1 amide bonds. The molecule has 9 nitrogen and oxygen atoms in total. The molecule has 0 unspecified atom stereocenters. The summed E-state index contributed by atoms with van der Waals surface area (Å²) in [6, 6.07) is 21.0. The van der Waals surface area contributed by atoms with Crippen LogP contribution in [0.1, 0.15) is 31.3 Å². The van der Waals surface area contributed by atoms with Crippen molar-refractivity contribution in [2.24, 2.45) is 5.84 Å². The summed E-state index contributed by atoms with van der Waals surface area (Å²) in [5, 5.41) is 0. The van der Waals surface area contributed by atoms with Gasteiger partial charge in [0.25, 0.3) is 5.91 Å². The number of nitrogens with one attached hydrogen (secondary N) is 1. The first kappa shape index (κ1) is 23.3. The summed E-state index contributed by atoms with van der Waals surface area (Å²) in [4.78, 5) is 38.4. The fourth-order valence-electron chi connectivity index (χ4n) is 3.68. The van der Waals surface area contributed by atoms with Crippen LogP contribution in [0.2, 0.25) is 0 Å². The molecular formula is C26H21N3O6. The van der Waals surface area contributed by atoms with E-state index in [1.807, 2.05) is 66.1 Å². The minimum Gasteiger partial charge on any atom is -0.495 e. The Hall–Kier alpha value is -4.89. The third kappa shape index (κ3) is 4.48. The Labute approximate surface area is 200 Å². The first-order valence-corrected chi connectivity index (χ1v) is 10.4. The highest BCUT2D eigenvalue weighted by atomic mass is 16.6. The number of hydrogen-bond donors (Lipinski definition) is 3. The summed E-state index contributed by atoms with van der Waals surface area (Å²) >= 11 is 0. The number of benzene rings is 3. The maximum absolute atomic E-state index is 13.1. The number of amides is 1. The highest BCUT2D eigenvalue weighted by molar-refractivity contribution is 6.13. The molecule has 0 fully saturated rings. The van der Waals surface area contributed by atoms with Gasteiger partial charge in [0.2, 0.25) is 5.76 Å². The lowest BCUT2D eigenvalue weighted by Crippen LogP contribution is -2.32. The normalized spacial score (nSPS) is 10.5. The molecule has 0 radical (unpaired) electrons. The Morgan fingerprint density at radius 2 is 1.49 bits per heavy atom. The maximum Gasteiger partial charge on any atom is 0.382 e. The molecule has 0 aliphatic carbocycles. The monoisotopic (exact) mass is 471 g/mol. The third-order valence-corrected chi connectivity index (χ3v) is 5.31. The number of carbonyl (C=O) groups excluding carboxylic acids is 3. The van der Waals surface area contributed by atoms with Gasteiger partial charge in [-0.15, -0.1) is 0 Å². The SMILES string of the molecule is COc1ccc(C(=O)OC(=O)c2occ(-c3ccccc3)c2-c2ccccc2)c(C(=O)NN)c1N. The molecule has 0 aliphatic rings. The molecule has 176 valence electrons. The molecule has 9 heteroatoms. The highest BCUT2D eigenvalue weighted by Crippen LogP contribution is 2.37. The molecule has 4 rings (SSSR count). The van der Waals surface area contributed by atoms with Crippen molar-refractivity contribution < 1.29 is 28.3 Å². The van der Waals surface area contributed by atoms with E-state index in [4.69, 9.17) is 25.5 Å². The van der Waals surface area contributed by atoms with Crippen molar-refractivity contribution in [3.63, 3.8) is 0 Å². The molecule has 0 atom stereocenters. The highest BCUT2D eigenvalue weighted by Gasteiger charge is 2.29. The molecule has 0 aliphatic heterocycles. The molecule has 0 spiro atoms. The number of furan rings is 1. The fraction of sp³-hybridized carbons (Fsp3) is 0.0385. The molecule has 1 heterocycles. The minimum absolute atomic E-state index is 0.133. The van der Waals surface area contributed by atoms with Gasteiger partial charge in [-0.2, -0.15) is 0 Å². The molecule has 5 N–H and O–H groups in total. The number of hydrazine groups is 1. The number of methoxy groups -OCH3 is 1. The van der Waals surface area contributed by atoms with Crippen LogP contribution in [0.15, 0.2) is 83.5 Å². The molecule has 4 aromatic rings. The Morgan fingerprint density at radius 3 is 2.09 bits per heavy atom. The van der Waals surface area contributed by atoms with Gasteiger partial charge in [-0.25, -0.2) is 15.4 Å². The zero-order valence-electron chi connectivity index (χ0n) is 18.6. The van der Waals surface area contributed by atoms with E-state index in [-0.39, 0.29) is 28.3 Å². The number of nitrogens with two attached hydrogens (primary N) is 2. The lowest BCUT2D eigenvalue weighted by molar-refractivity contribution is 0.0374. The van der Waals surface area contributed by atoms with Crippen molar-refractivity contribution in [3.05, 3.63) is 95.9 Å². The smallest absolute Gasteiger partial charge is 0.382 e. The second kappa shape index (κ2) is 9.94. The van der Waals surface area contributed by atoms with Crippen LogP contribution in [0.4, 0.5) is 5.69 Å². The predicted octanol–water partition coefficient (Wildman–Crippen LogP) is 3.81. The lowest BCUT2D eigenvalue weighted by atomic mass is 9.97. The summed E-state index contributed by atoms with van der Waals surface area (Å²) in [7, 11) is 1.35. The van der Waals surface area contributed by atoms with E-state index >= 15 is 0 Å². The van der Waals surface area contributed by atoms with Crippen LogP contribution in [0.25, 0.3) is 22.3 Å². The lowest BCUT2D eigenvalue weighted by Gasteiger charge is -2.13. The molecule has 0 saturated heterocycles. The van der Waals surface area contributed by atoms with Gasteiger partial charge < -0.3 is 19.6 Å². The van der Waals surface area contributed by atoms with Gasteiger partial charge in [-0.1, -0.05) is 60.7 Å². The van der Waals surface area contributed by atoms with Gasteiger partial charge >= 0.3 is 11.9 Å². The van der Waals surface area contributed by atoms with Crippen molar-refractivity contribution in [1.82, 2.24) is 5.43 Å². The van der Waals surface area contributed by atoms with Crippen molar-refractivity contribution in [1.29, 1.82) is 0 Å². The zero-order valence-corrected chi connectivity index (χ0v) is 18.6. The number of ether oxygens (including phenoxy) is 2. The van der Waals surface area contributed by atoms with E-state index < -0.39 is 17.8 Å². The van der Waals surface area contributed by atoms with Crippen LogP contribution in [0.3, 0.4) is 0 Å². The zero-order chi connectivity index (χ0) is 24.9. The van der Waals surface area contributed by atoms with Crippen LogP contribution < -0.4 is 21.7 Å². The Balaban J connectivity index is 1.74. The fourth-order valence-corrected chi connectivity index (χ4v) is 3.68. The van der Waals surface area contributed by atoms with E-state index in [0.717, 1.165) is 5.56 Å².